The molecular weight excluding hydrogens is 406 g/mol. The van der Waals surface area contributed by atoms with Gasteiger partial charge < -0.3 is 9.88 Å². The second-order valence-corrected chi connectivity index (χ2v) is 10.2. The van der Waals surface area contributed by atoms with Crippen LogP contribution in [0, 0.1) is 13.8 Å². The lowest BCUT2D eigenvalue weighted by atomic mass is 9.90. The van der Waals surface area contributed by atoms with Crippen molar-refractivity contribution in [1.82, 2.24) is 9.88 Å². The molecule has 1 atom stereocenters. The molecule has 5 rings (SSSR count). The standard InChI is InChI=1S/C25H29N3O2S/c1-16-9-10-17(2)20(13-16)28-22(29)21-14-18-11-12-31-23(18)27(21)15-25(28,3)24(30)26-19-7-5-4-6-8-19/h9-14,19H,4-8,15H2,1-3H3,(H,26,30)/t25-/m0/s1. The van der Waals surface area contributed by atoms with Crippen LogP contribution in [0.1, 0.15) is 60.6 Å². The maximum atomic E-state index is 13.9. The van der Waals surface area contributed by atoms with Gasteiger partial charge in [0.25, 0.3) is 5.91 Å². The molecule has 31 heavy (non-hydrogen) atoms. The third-order valence-electron chi connectivity index (χ3n) is 6.92. The number of hydrogen-bond acceptors (Lipinski definition) is 3. The molecule has 0 saturated heterocycles. The van der Waals surface area contributed by atoms with Gasteiger partial charge in [0.15, 0.2) is 0 Å². The molecule has 0 radical (unpaired) electrons. The Morgan fingerprint density at radius 3 is 2.68 bits per heavy atom. The minimum atomic E-state index is -1.00. The van der Waals surface area contributed by atoms with Crippen molar-refractivity contribution in [2.75, 3.05) is 4.90 Å². The van der Waals surface area contributed by atoms with Crippen LogP contribution in [0.25, 0.3) is 10.2 Å². The Balaban J connectivity index is 1.63. The Morgan fingerprint density at radius 1 is 1.13 bits per heavy atom. The number of hydrogen-bond donors (Lipinski definition) is 1. The molecule has 3 heterocycles. The fraction of sp³-hybridized carbons (Fsp3) is 0.440. The van der Waals surface area contributed by atoms with Crippen LogP contribution in [-0.2, 0) is 11.3 Å². The van der Waals surface area contributed by atoms with Crippen LogP contribution in [0.15, 0.2) is 35.7 Å². The third kappa shape index (κ3) is 3.28. The predicted molar refractivity (Wildman–Crippen MR) is 126 cm³/mol. The molecule has 1 aliphatic carbocycles. The highest BCUT2D eigenvalue weighted by molar-refractivity contribution is 7.16. The lowest BCUT2D eigenvalue weighted by Crippen LogP contribution is -2.65. The van der Waals surface area contributed by atoms with E-state index < -0.39 is 5.54 Å². The molecule has 1 aromatic carbocycles. The molecular formula is C25H29N3O2S. The highest BCUT2D eigenvalue weighted by Gasteiger charge is 2.49. The van der Waals surface area contributed by atoms with Gasteiger partial charge in [-0.25, -0.2) is 0 Å². The van der Waals surface area contributed by atoms with E-state index in [1.54, 1.807) is 16.2 Å². The lowest BCUT2D eigenvalue weighted by molar-refractivity contribution is -0.127. The summed E-state index contributed by atoms with van der Waals surface area (Å²) in [7, 11) is 0. The Labute approximate surface area is 187 Å². The van der Waals surface area contributed by atoms with Gasteiger partial charge in [-0.1, -0.05) is 31.4 Å². The summed E-state index contributed by atoms with van der Waals surface area (Å²) < 4.78 is 2.05. The normalized spacial score (nSPS) is 22.0. The van der Waals surface area contributed by atoms with Crippen molar-refractivity contribution in [2.45, 2.75) is 71.0 Å². The number of carbonyl (C=O) groups is 2. The third-order valence-corrected chi connectivity index (χ3v) is 7.87. The maximum absolute atomic E-state index is 13.9. The zero-order valence-electron chi connectivity index (χ0n) is 18.4. The number of thiophene rings is 1. The van der Waals surface area contributed by atoms with Crippen LogP contribution in [0.2, 0.25) is 0 Å². The second kappa shape index (κ2) is 7.52. The number of fused-ring (bicyclic) bond motifs is 3. The summed E-state index contributed by atoms with van der Waals surface area (Å²) in [5, 5.41) is 6.41. The summed E-state index contributed by atoms with van der Waals surface area (Å²) in [6.07, 6.45) is 5.57. The molecule has 1 fully saturated rings. The second-order valence-electron chi connectivity index (χ2n) is 9.31. The van der Waals surface area contributed by atoms with Gasteiger partial charge in [-0.2, -0.15) is 0 Å². The lowest BCUT2D eigenvalue weighted by Gasteiger charge is -2.45. The van der Waals surface area contributed by atoms with E-state index in [0.29, 0.717) is 12.2 Å². The van der Waals surface area contributed by atoms with Gasteiger partial charge in [0.1, 0.15) is 16.1 Å². The fourth-order valence-corrected chi connectivity index (χ4v) is 6.02. The fourth-order valence-electron chi connectivity index (χ4n) is 5.12. The highest BCUT2D eigenvalue weighted by Crippen LogP contribution is 2.39. The Morgan fingerprint density at radius 2 is 1.90 bits per heavy atom. The smallest absolute Gasteiger partial charge is 0.275 e. The first-order chi connectivity index (χ1) is 14.9. The molecule has 2 aromatic heterocycles. The van der Waals surface area contributed by atoms with E-state index in [2.05, 4.69) is 5.32 Å². The topological polar surface area (TPSA) is 54.3 Å². The average Bonchev–Trinajstić information content (AvgIpc) is 3.34. The first-order valence-corrected chi connectivity index (χ1v) is 12.1. The van der Waals surface area contributed by atoms with Gasteiger partial charge in [-0.05, 0) is 68.3 Å². The number of carbonyl (C=O) groups excluding carboxylic acids is 2. The molecule has 2 amide bonds. The minimum Gasteiger partial charge on any atom is -0.351 e. The summed E-state index contributed by atoms with van der Waals surface area (Å²) in [4.78, 5) is 30.5. The number of amides is 2. The summed E-state index contributed by atoms with van der Waals surface area (Å²) >= 11 is 1.62. The number of aromatic nitrogens is 1. The number of benzene rings is 1. The van der Waals surface area contributed by atoms with Gasteiger partial charge in [-0.3, -0.25) is 14.5 Å². The Hall–Kier alpha value is -2.60. The van der Waals surface area contributed by atoms with Crippen molar-refractivity contribution in [3.05, 3.63) is 52.5 Å². The molecule has 0 bridgehead atoms. The molecule has 3 aromatic rings. The van der Waals surface area contributed by atoms with Crippen molar-refractivity contribution in [1.29, 1.82) is 0 Å². The molecule has 1 N–H and O–H groups in total. The highest BCUT2D eigenvalue weighted by atomic mass is 32.1. The van der Waals surface area contributed by atoms with Crippen molar-refractivity contribution >= 4 is 39.1 Å². The predicted octanol–water partition coefficient (Wildman–Crippen LogP) is 5.19. The summed E-state index contributed by atoms with van der Waals surface area (Å²) in [6, 6.07) is 10.3. The molecule has 5 nitrogen and oxygen atoms in total. The molecule has 0 unspecified atom stereocenters. The van der Waals surface area contributed by atoms with Gasteiger partial charge in [-0.15, -0.1) is 11.3 Å². The van der Waals surface area contributed by atoms with Crippen LogP contribution in [0.5, 0.6) is 0 Å². The van der Waals surface area contributed by atoms with E-state index in [4.69, 9.17) is 0 Å². The molecule has 0 spiro atoms. The van der Waals surface area contributed by atoms with E-state index in [0.717, 1.165) is 52.7 Å². The zero-order valence-corrected chi connectivity index (χ0v) is 19.2. The van der Waals surface area contributed by atoms with E-state index >= 15 is 0 Å². The minimum absolute atomic E-state index is 0.0577. The van der Waals surface area contributed by atoms with Crippen molar-refractivity contribution < 1.29 is 9.59 Å². The first-order valence-electron chi connectivity index (χ1n) is 11.2. The Kier molecular flexibility index (Phi) is 4.93. The van der Waals surface area contributed by atoms with Crippen molar-refractivity contribution in [3.8, 4) is 0 Å². The largest absolute Gasteiger partial charge is 0.351 e. The van der Waals surface area contributed by atoms with Crippen LogP contribution in [-0.4, -0.2) is 28.0 Å². The number of anilines is 1. The molecule has 162 valence electrons. The summed E-state index contributed by atoms with van der Waals surface area (Å²) in [5.41, 5.74) is 2.55. The van der Waals surface area contributed by atoms with Gasteiger partial charge in [0.2, 0.25) is 5.91 Å². The van der Waals surface area contributed by atoms with E-state index in [1.807, 2.05) is 61.1 Å². The van der Waals surface area contributed by atoms with E-state index in [-0.39, 0.29) is 17.9 Å². The molecule has 1 saturated carbocycles. The number of nitrogens with one attached hydrogen (secondary N) is 1. The average molecular weight is 436 g/mol. The first kappa shape index (κ1) is 20.3. The zero-order chi connectivity index (χ0) is 21.8. The van der Waals surface area contributed by atoms with Crippen LogP contribution in [0.4, 0.5) is 5.69 Å². The van der Waals surface area contributed by atoms with Gasteiger partial charge in [0, 0.05) is 17.1 Å². The van der Waals surface area contributed by atoms with Gasteiger partial charge >= 0.3 is 0 Å². The summed E-state index contributed by atoms with van der Waals surface area (Å²) in [6.45, 7) is 6.40. The van der Waals surface area contributed by atoms with Crippen LogP contribution in [0.3, 0.4) is 0 Å². The number of nitrogens with zero attached hydrogens (tertiary/aromatic N) is 2. The van der Waals surface area contributed by atoms with Crippen molar-refractivity contribution in [3.63, 3.8) is 0 Å². The van der Waals surface area contributed by atoms with E-state index in [1.165, 1.54) is 6.42 Å². The van der Waals surface area contributed by atoms with E-state index in [9.17, 15) is 9.59 Å². The molecule has 6 heteroatoms. The number of aryl methyl sites for hydroxylation is 2. The molecule has 1 aliphatic heterocycles. The van der Waals surface area contributed by atoms with Crippen molar-refractivity contribution in [2.24, 2.45) is 0 Å². The quantitative estimate of drug-likeness (QED) is 0.616. The molecule has 2 aliphatic rings. The summed E-state index contributed by atoms with van der Waals surface area (Å²) in [5.74, 6) is -0.164. The monoisotopic (exact) mass is 435 g/mol. The van der Waals surface area contributed by atoms with Crippen LogP contribution < -0.4 is 10.2 Å². The number of rotatable bonds is 3. The Bertz CT molecular complexity index is 1170. The maximum Gasteiger partial charge on any atom is 0.275 e. The van der Waals surface area contributed by atoms with Gasteiger partial charge in [0.05, 0.1) is 6.54 Å². The van der Waals surface area contributed by atoms with Crippen LogP contribution >= 0.6 is 11.3 Å². The SMILES string of the molecule is Cc1ccc(C)c(N2C(=O)c3cc4ccsc4n3C[C@@]2(C)C(=O)NC2CCCCC2)c1.